The second-order valence-corrected chi connectivity index (χ2v) is 8.06. The molecule has 0 aliphatic carbocycles. The highest BCUT2D eigenvalue weighted by atomic mass is 35.5. The van der Waals surface area contributed by atoms with E-state index in [1.807, 2.05) is 120 Å². The van der Waals surface area contributed by atoms with Gasteiger partial charge in [0.05, 0.1) is 6.04 Å². The van der Waals surface area contributed by atoms with Gasteiger partial charge in [-0.05, 0) is 34.4 Å². The van der Waals surface area contributed by atoms with E-state index >= 15 is 0 Å². The number of carbonyl (C=O) groups excluding carboxylic acids is 1. The van der Waals surface area contributed by atoms with E-state index in [4.69, 9.17) is 16.3 Å². The van der Waals surface area contributed by atoms with Crippen molar-refractivity contribution in [2.24, 2.45) is 0 Å². The number of rotatable bonds is 9. The Morgan fingerprint density at radius 2 is 1.21 bits per heavy atom. The van der Waals surface area contributed by atoms with Crippen LogP contribution in [0.3, 0.4) is 0 Å². The monoisotopic (exact) mass is 455 g/mol. The Bertz CT molecular complexity index is 1090. The molecule has 1 amide bonds. The molecule has 0 heterocycles. The number of ether oxygens (including phenoxy) is 1. The van der Waals surface area contributed by atoms with Crippen molar-refractivity contribution < 1.29 is 9.53 Å². The first-order valence-electron chi connectivity index (χ1n) is 11.0. The quantitative estimate of drug-likeness (QED) is 0.265. The van der Waals surface area contributed by atoms with Crippen LogP contribution in [0.2, 0.25) is 0 Å². The summed E-state index contributed by atoms with van der Waals surface area (Å²) >= 11 is 6.05. The molecule has 0 fully saturated rings. The van der Waals surface area contributed by atoms with Crippen LogP contribution in [-0.2, 0) is 17.9 Å². The molecule has 0 aliphatic rings. The van der Waals surface area contributed by atoms with Crippen molar-refractivity contribution in [3.63, 3.8) is 0 Å². The summed E-state index contributed by atoms with van der Waals surface area (Å²) in [4.78, 5) is 14.8. The number of hydrogen-bond acceptors (Lipinski definition) is 2. The number of benzene rings is 4. The molecule has 166 valence electrons. The highest BCUT2D eigenvalue weighted by Gasteiger charge is 2.26. The van der Waals surface area contributed by atoms with Crippen molar-refractivity contribution in [2.45, 2.75) is 19.2 Å². The van der Waals surface area contributed by atoms with E-state index in [9.17, 15) is 4.79 Å². The Balaban J connectivity index is 1.56. The van der Waals surface area contributed by atoms with Crippen LogP contribution in [-0.4, -0.2) is 16.7 Å². The maximum atomic E-state index is 13.0. The molecule has 0 saturated heterocycles. The summed E-state index contributed by atoms with van der Waals surface area (Å²) in [5.74, 6) is 0.605. The summed E-state index contributed by atoms with van der Waals surface area (Å²) in [5, 5.41) is 0. The Hall–Kier alpha value is -3.56. The lowest BCUT2D eigenvalue weighted by Gasteiger charge is -2.32. The van der Waals surface area contributed by atoms with Gasteiger partial charge in [-0.2, -0.15) is 0 Å². The second-order valence-electron chi connectivity index (χ2n) is 7.80. The van der Waals surface area contributed by atoms with E-state index in [2.05, 4.69) is 0 Å². The van der Waals surface area contributed by atoms with Crippen LogP contribution in [0.4, 0.5) is 0 Å². The number of carbonyl (C=O) groups is 1. The predicted molar refractivity (Wildman–Crippen MR) is 133 cm³/mol. The van der Waals surface area contributed by atoms with Gasteiger partial charge in [-0.3, -0.25) is 4.79 Å². The zero-order chi connectivity index (χ0) is 22.9. The van der Waals surface area contributed by atoms with Gasteiger partial charge in [0.2, 0.25) is 5.91 Å². The first-order valence-corrected chi connectivity index (χ1v) is 11.5. The molecule has 0 aromatic heterocycles. The largest absolute Gasteiger partial charge is 0.489 e. The Labute approximate surface area is 200 Å². The first kappa shape index (κ1) is 22.6. The number of halogens is 1. The van der Waals surface area contributed by atoms with E-state index in [0.717, 1.165) is 28.0 Å². The lowest BCUT2D eigenvalue weighted by molar-refractivity contribution is -0.130. The average molecular weight is 456 g/mol. The van der Waals surface area contributed by atoms with E-state index in [1.54, 1.807) is 0 Å². The highest BCUT2D eigenvalue weighted by molar-refractivity contribution is 6.27. The van der Waals surface area contributed by atoms with E-state index < -0.39 is 0 Å². The minimum atomic E-state index is -0.229. The molecule has 3 nitrogen and oxygen atoms in total. The van der Waals surface area contributed by atoms with Crippen LogP contribution >= 0.6 is 11.6 Å². The van der Waals surface area contributed by atoms with Crippen molar-refractivity contribution in [3.05, 3.63) is 138 Å². The van der Waals surface area contributed by atoms with E-state index in [1.165, 1.54) is 0 Å². The molecular formula is C29H26ClNO2. The normalized spacial score (nSPS) is 10.7. The van der Waals surface area contributed by atoms with Crippen LogP contribution in [0.15, 0.2) is 115 Å². The van der Waals surface area contributed by atoms with Gasteiger partial charge in [0, 0.05) is 6.54 Å². The summed E-state index contributed by atoms with van der Waals surface area (Å²) in [6.07, 6.45) is 0. The Morgan fingerprint density at radius 3 is 1.73 bits per heavy atom. The molecule has 4 aromatic carbocycles. The molecular weight excluding hydrogens is 430 g/mol. The standard InChI is InChI=1S/C29H26ClNO2/c30-20-28(32)31(29(25-12-6-2-7-13-25)26-14-8-3-9-15-26)21-23-16-18-27(19-17-23)33-22-24-10-4-1-5-11-24/h1-19,29H,20-22H2. The summed E-state index contributed by atoms with van der Waals surface area (Å²) in [6.45, 7) is 0.958. The van der Waals surface area contributed by atoms with Crippen molar-refractivity contribution in [3.8, 4) is 5.75 Å². The molecule has 0 N–H and O–H groups in total. The molecule has 0 spiro atoms. The van der Waals surface area contributed by atoms with Crippen molar-refractivity contribution in [1.29, 1.82) is 0 Å². The van der Waals surface area contributed by atoms with E-state index in [0.29, 0.717) is 13.2 Å². The van der Waals surface area contributed by atoms with Crippen LogP contribution in [0.5, 0.6) is 5.75 Å². The van der Waals surface area contributed by atoms with Gasteiger partial charge in [0.1, 0.15) is 18.2 Å². The van der Waals surface area contributed by atoms with Crippen LogP contribution < -0.4 is 4.74 Å². The van der Waals surface area contributed by atoms with Crippen molar-refractivity contribution in [1.82, 2.24) is 4.90 Å². The summed E-state index contributed by atoms with van der Waals surface area (Å²) in [5.41, 5.74) is 4.22. The number of alkyl halides is 1. The molecule has 4 heteroatoms. The molecule has 0 aliphatic heterocycles. The number of nitrogens with zero attached hydrogens (tertiary/aromatic N) is 1. The molecule has 4 aromatic rings. The maximum Gasteiger partial charge on any atom is 0.238 e. The third kappa shape index (κ3) is 6.03. The van der Waals surface area contributed by atoms with Crippen molar-refractivity contribution >= 4 is 17.5 Å². The van der Waals surface area contributed by atoms with Crippen LogP contribution in [0.1, 0.15) is 28.3 Å². The molecule has 33 heavy (non-hydrogen) atoms. The SMILES string of the molecule is O=C(CCl)N(Cc1ccc(OCc2ccccc2)cc1)C(c1ccccc1)c1ccccc1. The van der Waals surface area contributed by atoms with Gasteiger partial charge in [-0.25, -0.2) is 0 Å². The average Bonchev–Trinajstić information content (AvgIpc) is 2.89. The Kier molecular flexibility index (Phi) is 7.78. The summed E-state index contributed by atoms with van der Waals surface area (Å²) in [6, 6.07) is 37.9. The summed E-state index contributed by atoms with van der Waals surface area (Å²) in [7, 11) is 0. The summed E-state index contributed by atoms with van der Waals surface area (Å²) < 4.78 is 5.91. The zero-order valence-electron chi connectivity index (χ0n) is 18.3. The lowest BCUT2D eigenvalue weighted by atomic mass is 9.96. The smallest absolute Gasteiger partial charge is 0.238 e. The third-order valence-corrected chi connectivity index (χ3v) is 5.73. The third-order valence-electron chi connectivity index (χ3n) is 5.50. The molecule has 0 radical (unpaired) electrons. The lowest BCUT2D eigenvalue weighted by Crippen LogP contribution is -2.36. The minimum Gasteiger partial charge on any atom is -0.489 e. The minimum absolute atomic E-state index is 0.0750. The van der Waals surface area contributed by atoms with Gasteiger partial charge >= 0.3 is 0 Å². The molecule has 0 unspecified atom stereocenters. The van der Waals surface area contributed by atoms with Crippen LogP contribution in [0, 0.1) is 0 Å². The predicted octanol–water partition coefficient (Wildman–Crippen LogP) is 6.62. The second kappa shape index (κ2) is 11.3. The van der Waals surface area contributed by atoms with Crippen LogP contribution in [0.25, 0.3) is 0 Å². The topological polar surface area (TPSA) is 29.5 Å². The first-order chi connectivity index (χ1) is 16.2. The fraction of sp³-hybridized carbons (Fsp3) is 0.138. The Morgan fingerprint density at radius 1 is 0.697 bits per heavy atom. The molecule has 0 atom stereocenters. The maximum absolute atomic E-state index is 13.0. The number of amides is 1. The van der Waals surface area contributed by atoms with Gasteiger partial charge in [0.15, 0.2) is 0 Å². The molecule has 4 rings (SSSR count). The highest BCUT2D eigenvalue weighted by Crippen LogP contribution is 2.30. The molecule has 0 bridgehead atoms. The van der Waals surface area contributed by atoms with Gasteiger partial charge < -0.3 is 9.64 Å². The van der Waals surface area contributed by atoms with Gasteiger partial charge in [0.25, 0.3) is 0 Å². The zero-order valence-corrected chi connectivity index (χ0v) is 19.1. The van der Waals surface area contributed by atoms with E-state index in [-0.39, 0.29) is 17.8 Å². The number of hydrogen-bond donors (Lipinski definition) is 0. The van der Waals surface area contributed by atoms with Gasteiger partial charge in [-0.15, -0.1) is 11.6 Å². The molecule has 0 saturated carbocycles. The van der Waals surface area contributed by atoms with Crippen molar-refractivity contribution in [2.75, 3.05) is 5.88 Å². The fourth-order valence-electron chi connectivity index (χ4n) is 3.85. The van der Waals surface area contributed by atoms with Gasteiger partial charge in [-0.1, -0.05) is 103 Å². The fourth-order valence-corrected chi connectivity index (χ4v) is 4.01.